The van der Waals surface area contributed by atoms with E-state index in [0.717, 1.165) is 11.1 Å². The Morgan fingerprint density at radius 3 is 2.54 bits per heavy atom. The van der Waals surface area contributed by atoms with Gasteiger partial charge in [0.15, 0.2) is 5.82 Å². The normalized spacial score (nSPS) is 10.2. The van der Waals surface area contributed by atoms with Gasteiger partial charge >= 0.3 is 6.03 Å². The van der Waals surface area contributed by atoms with Gasteiger partial charge < -0.3 is 15.4 Å². The Morgan fingerprint density at radius 1 is 1.04 bits per heavy atom. The topological polar surface area (TPSA) is 76.1 Å². The number of urea groups is 1. The first-order valence-corrected chi connectivity index (χ1v) is 8.30. The molecule has 2 aromatic carbocycles. The van der Waals surface area contributed by atoms with E-state index in [1.807, 2.05) is 42.5 Å². The lowest BCUT2D eigenvalue weighted by atomic mass is 10.2. The third kappa shape index (κ3) is 4.80. The van der Waals surface area contributed by atoms with Gasteiger partial charge in [0.2, 0.25) is 0 Å². The smallest absolute Gasteiger partial charge is 0.319 e. The number of methoxy groups -OCH3 is 1. The van der Waals surface area contributed by atoms with Crippen LogP contribution in [0, 0.1) is 0 Å². The molecule has 1 heterocycles. The monoisotopic (exact) mass is 348 g/mol. The van der Waals surface area contributed by atoms with Crippen LogP contribution < -0.4 is 15.4 Å². The molecule has 132 valence electrons. The molecule has 2 N–H and O–H groups in total. The number of ether oxygens (including phenoxy) is 1. The summed E-state index contributed by atoms with van der Waals surface area (Å²) in [6.45, 7) is 0.490. The Kier molecular flexibility index (Phi) is 5.77. The van der Waals surface area contributed by atoms with Gasteiger partial charge in [-0.15, -0.1) is 0 Å². The van der Waals surface area contributed by atoms with Crippen LogP contribution in [0.5, 0.6) is 5.75 Å². The predicted molar refractivity (Wildman–Crippen MR) is 101 cm³/mol. The van der Waals surface area contributed by atoms with Crippen molar-refractivity contribution in [3.8, 4) is 17.1 Å². The van der Waals surface area contributed by atoms with E-state index in [1.54, 1.807) is 31.6 Å². The summed E-state index contributed by atoms with van der Waals surface area (Å²) in [4.78, 5) is 20.7. The lowest BCUT2D eigenvalue weighted by Crippen LogP contribution is -2.30. The van der Waals surface area contributed by atoms with Gasteiger partial charge in [-0.25, -0.2) is 14.8 Å². The van der Waals surface area contributed by atoms with Crippen LogP contribution in [0.4, 0.5) is 10.5 Å². The first-order valence-electron chi connectivity index (χ1n) is 8.30. The van der Waals surface area contributed by atoms with Gasteiger partial charge in [-0.1, -0.05) is 36.4 Å². The molecule has 0 radical (unpaired) electrons. The van der Waals surface area contributed by atoms with Crippen LogP contribution in [0.25, 0.3) is 11.4 Å². The Morgan fingerprint density at radius 2 is 1.81 bits per heavy atom. The van der Waals surface area contributed by atoms with Crippen molar-refractivity contribution in [1.82, 2.24) is 15.3 Å². The fraction of sp³-hybridized carbons (Fsp3) is 0.150. The standard InChI is InChI=1S/C20H20N4O2/c1-26-18-9-5-8-17(12-18)24-20(25)21-11-10-15-13-22-19(23-14-15)16-6-3-2-4-7-16/h2-9,12-14H,10-11H2,1H3,(H2,21,24,25). The summed E-state index contributed by atoms with van der Waals surface area (Å²) in [5.74, 6) is 1.39. The zero-order valence-corrected chi connectivity index (χ0v) is 14.5. The van der Waals surface area contributed by atoms with Crippen LogP contribution in [0.1, 0.15) is 5.56 Å². The maximum atomic E-state index is 11.9. The molecule has 0 saturated carbocycles. The molecule has 0 aliphatic heterocycles. The molecule has 0 spiro atoms. The van der Waals surface area contributed by atoms with E-state index < -0.39 is 0 Å². The summed E-state index contributed by atoms with van der Waals surface area (Å²) in [5.41, 5.74) is 2.62. The zero-order valence-electron chi connectivity index (χ0n) is 14.5. The Balaban J connectivity index is 1.47. The molecule has 0 fully saturated rings. The highest BCUT2D eigenvalue weighted by atomic mass is 16.5. The molecule has 3 rings (SSSR count). The highest BCUT2D eigenvalue weighted by Crippen LogP contribution is 2.16. The van der Waals surface area contributed by atoms with Gasteiger partial charge in [-0.3, -0.25) is 0 Å². The van der Waals surface area contributed by atoms with Crippen LogP contribution in [-0.2, 0) is 6.42 Å². The van der Waals surface area contributed by atoms with E-state index >= 15 is 0 Å². The highest BCUT2D eigenvalue weighted by Gasteiger charge is 2.04. The number of carbonyl (C=O) groups excluding carboxylic acids is 1. The van der Waals surface area contributed by atoms with Crippen LogP contribution in [-0.4, -0.2) is 29.7 Å². The molecule has 0 unspecified atom stereocenters. The summed E-state index contributed by atoms with van der Waals surface area (Å²) in [7, 11) is 1.59. The Bertz CT molecular complexity index is 851. The van der Waals surface area contributed by atoms with Crippen molar-refractivity contribution < 1.29 is 9.53 Å². The van der Waals surface area contributed by atoms with E-state index in [9.17, 15) is 4.79 Å². The minimum Gasteiger partial charge on any atom is -0.497 e. The van der Waals surface area contributed by atoms with Gasteiger partial charge in [-0.2, -0.15) is 0 Å². The van der Waals surface area contributed by atoms with Crippen molar-refractivity contribution in [3.63, 3.8) is 0 Å². The molecule has 0 aliphatic rings. The molecule has 0 saturated heterocycles. The molecular formula is C20H20N4O2. The SMILES string of the molecule is COc1cccc(NC(=O)NCCc2cnc(-c3ccccc3)nc2)c1. The number of anilines is 1. The van der Waals surface area contributed by atoms with Crippen LogP contribution in [0.3, 0.4) is 0 Å². The molecule has 0 atom stereocenters. The molecule has 1 aromatic heterocycles. The average Bonchev–Trinajstić information content (AvgIpc) is 2.69. The quantitative estimate of drug-likeness (QED) is 0.715. The minimum atomic E-state index is -0.264. The number of benzene rings is 2. The third-order valence-corrected chi connectivity index (χ3v) is 3.76. The van der Waals surface area contributed by atoms with Crippen molar-refractivity contribution in [2.24, 2.45) is 0 Å². The summed E-state index contributed by atoms with van der Waals surface area (Å²) in [6, 6.07) is 16.8. The van der Waals surface area contributed by atoms with E-state index in [1.165, 1.54) is 0 Å². The van der Waals surface area contributed by atoms with Crippen LogP contribution in [0.15, 0.2) is 67.0 Å². The fourth-order valence-corrected chi connectivity index (χ4v) is 2.42. The number of rotatable bonds is 6. The van der Waals surface area contributed by atoms with Gasteiger partial charge in [0.05, 0.1) is 7.11 Å². The second-order valence-corrected chi connectivity index (χ2v) is 5.64. The number of aromatic nitrogens is 2. The first-order chi connectivity index (χ1) is 12.7. The van der Waals surface area contributed by atoms with Crippen LogP contribution in [0.2, 0.25) is 0 Å². The second kappa shape index (κ2) is 8.62. The molecule has 6 heteroatoms. The number of hydrogen-bond acceptors (Lipinski definition) is 4. The largest absolute Gasteiger partial charge is 0.497 e. The number of nitrogens with one attached hydrogen (secondary N) is 2. The van der Waals surface area contributed by atoms with E-state index in [0.29, 0.717) is 30.2 Å². The van der Waals surface area contributed by atoms with Crippen LogP contribution >= 0.6 is 0 Å². The van der Waals surface area contributed by atoms with Gasteiger partial charge in [0, 0.05) is 36.3 Å². The van der Waals surface area contributed by atoms with Crippen molar-refractivity contribution in [3.05, 3.63) is 72.6 Å². The lowest BCUT2D eigenvalue weighted by molar-refractivity contribution is 0.252. The minimum absolute atomic E-state index is 0.264. The Hall–Kier alpha value is -3.41. The molecule has 2 amide bonds. The molecule has 26 heavy (non-hydrogen) atoms. The first kappa shape index (κ1) is 17.4. The molecule has 0 bridgehead atoms. The molecule has 0 aliphatic carbocycles. The van der Waals surface area contributed by atoms with E-state index in [4.69, 9.17) is 4.74 Å². The fourth-order valence-electron chi connectivity index (χ4n) is 2.42. The Labute approximate surface area is 152 Å². The molecular weight excluding hydrogens is 328 g/mol. The maximum absolute atomic E-state index is 11.9. The van der Waals surface area contributed by atoms with Gasteiger partial charge in [0.25, 0.3) is 0 Å². The van der Waals surface area contributed by atoms with Crippen molar-refractivity contribution in [2.75, 3.05) is 19.0 Å². The summed E-state index contributed by atoms with van der Waals surface area (Å²) in [5, 5.41) is 5.59. The number of carbonyl (C=O) groups is 1. The summed E-state index contributed by atoms with van der Waals surface area (Å²) < 4.78 is 5.13. The molecule has 6 nitrogen and oxygen atoms in total. The highest BCUT2D eigenvalue weighted by molar-refractivity contribution is 5.89. The molecule has 3 aromatic rings. The van der Waals surface area contributed by atoms with E-state index in [-0.39, 0.29) is 6.03 Å². The van der Waals surface area contributed by atoms with E-state index in [2.05, 4.69) is 20.6 Å². The lowest BCUT2D eigenvalue weighted by Gasteiger charge is -2.09. The third-order valence-electron chi connectivity index (χ3n) is 3.76. The van der Waals surface area contributed by atoms with Crippen molar-refractivity contribution in [1.29, 1.82) is 0 Å². The second-order valence-electron chi connectivity index (χ2n) is 5.64. The predicted octanol–water partition coefficient (Wildman–Crippen LogP) is 3.52. The number of hydrogen-bond donors (Lipinski definition) is 2. The summed E-state index contributed by atoms with van der Waals surface area (Å²) >= 11 is 0. The number of amides is 2. The number of nitrogens with zero attached hydrogens (tertiary/aromatic N) is 2. The van der Waals surface area contributed by atoms with Crippen molar-refractivity contribution in [2.45, 2.75) is 6.42 Å². The van der Waals surface area contributed by atoms with Gasteiger partial charge in [-0.05, 0) is 24.1 Å². The maximum Gasteiger partial charge on any atom is 0.319 e. The zero-order chi connectivity index (χ0) is 18.2. The average molecular weight is 348 g/mol. The van der Waals surface area contributed by atoms with Crippen molar-refractivity contribution >= 4 is 11.7 Å². The summed E-state index contributed by atoms with van der Waals surface area (Å²) in [6.07, 6.45) is 4.23. The van der Waals surface area contributed by atoms with Gasteiger partial charge in [0.1, 0.15) is 5.75 Å².